The van der Waals surface area contributed by atoms with E-state index in [1.807, 2.05) is 30.3 Å². The molecule has 0 N–H and O–H groups in total. The molecule has 0 aliphatic carbocycles. The number of carbonyl (C=O) groups is 1. The average molecular weight is 380 g/mol. The van der Waals surface area contributed by atoms with Crippen molar-refractivity contribution in [2.45, 2.75) is 19.5 Å². The summed E-state index contributed by atoms with van der Waals surface area (Å²) in [5, 5.41) is 0. The van der Waals surface area contributed by atoms with Gasteiger partial charge < -0.3 is 9.47 Å². The van der Waals surface area contributed by atoms with E-state index in [4.69, 9.17) is 0 Å². The molecule has 4 rings (SSSR count). The predicted molar refractivity (Wildman–Crippen MR) is 101 cm³/mol. The lowest BCUT2D eigenvalue weighted by Crippen LogP contribution is -2.37. The number of rotatable bonds is 3. The molecule has 0 spiro atoms. The van der Waals surface area contributed by atoms with Crippen LogP contribution in [-0.4, -0.2) is 21.9 Å². The Morgan fingerprint density at radius 1 is 0.964 bits per heavy atom. The second-order valence-electron chi connectivity index (χ2n) is 6.91. The summed E-state index contributed by atoms with van der Waals surface area (Å²) in [4.78, 5) is 26.6. The minimum Gasteiger partial charge on any atom is -0.334 e. The lowest BCUT2D eigenvalue weighted by molar-refractivity contribution is 0.0733. The fourth-order valence-electron chi connectivity index (χ4n) is 3.51. The molecule has 3 aromatic rings. The van der Waals surface area contributed by atoms with Crippen molar-refractivity contribution in [2.24, 2.45) is 0 Å². The summed E-state index contributed by atoms with van der Waals surface area (Å²) in [5.41, 5.74) is 2.67. The lowest BCUT2D eigenvalue weighted by atomic mass is 10.0. The number of benzene rings is 2. The first-order valence-corrected chi connectivity index (χ1v) is 9.01. The highest BCUT2D eigenvalue weighted by atomic mass is 19.1. The van der Waals surface area contributed by atoms with Gasteiger partial charge in [0.1, 0.15) is 11.6 Å². The first kappa shape index (κ1) is 18.1. The number of nitrogens with zero attached hydrogens (tertiary/aromatic N) is 2. The molecule has 0 unspecified atom stereocenters. The molecule has 0 radical (unpaired) electrons. The summed E-state index contributed by atoms with van der Waals surface area (Å²) in [6, 6.07) is 14.1. The summed E-state index contributed by atoms with van der Waals surface area (Å²) in [6.07, 6.45) is 2.30. The van der Waals surface area contributed by atoms with E-state index < -0.39 is 17.5 Å². The number of hydrogen-bond acceptors (Lipinski definition) is 2. The fraction of sp³-hybridized carbons (Fsp3) is 0.182. The second kappa shape index (κ2) is 7.38. The van der Waals surface area contributed by atoms with Gasteiger partial charge in [-0.2, -0.15) is 0 Å². The van der Waals surface area contributed by atoms with E-state index in [2.05, 4.69) is 0 Å². The van der Waals surface area contributed by atoms with Crippen LogP contribution in [0.15, 0.2) is 65.6 Å². The Kier molecular flexibility index (Phi) is 4.77. The number of halogens is 2. The van der Waals surface area contributed by atoms with Crippen LogP contribution in [0.4, 0.5) is 8.78 Å². The van der Waals surface area contributed by atoms with Crippen molar-refractivity contribution in [3.05, 3.63) is 105 Å². The Balaban J connectivity index is 1.59. The second-order valence-corrected chi connectivity index (χ2v) is 6.91. The first-order valence-electron chi connectivity index (χ1n) is 9.01. The van der Waals surface area contributed by atoms with Crippen LogP contribution in [0, 0.1) is 11.6 Å². The van der Waals surface area contributed by atoms with Crippen LogP contribution >= 0.6 is 0 Å². The predicted octanol–water partition coefficient (Wildman–Crippen LogP) is 3.37. The van der Waals surface area contributed by atoms with Crippen LogP contribution in [0.3, 0.4) is 0 Å². The third-order valence-electron chi connectivity index (χ3n) is 4.91. The minimum absolute atomic E-state index is 0.0152. The molecular formula is C22H18F2N2O2. The molecule has 2 heterocycles. The maximum Gasteiger partial charge on any atom is 0.254 e. The standard InChI is InChI=1S/C22H18F2N2O2/c23-19-8-17(9-20(24)11-19)22(28)25-7-6-16-10-21(27)26(14-18(16)13-25)12-15-4-2-1-3-5-15/h1-5,8-11,14H,6-7,12-13H2. The SMILES string of the molecule is O=C(c1cc(F)cc(F)c1)N1CCc2cc(=O)n(Cc3ccccc3)cc2C1. The van der Waals surface area contributed by atoms with Crippen LogP contribution in [0.25, 0.3) is 0 Å². The topological polar surface area (TPSA) is 42.3 Å². The van der Waals surface area contributed by atoms with E-state index in [1.165, 1.54) is 0 Å². The monoisotopic (exact) mass is 380 g/mol. The fourth-order valence-corrected chi connectivity index (χ4v) is 3.51. The molecule has 1 aliphatic rings. The van der Waals surface area contributed by atoms with Crippen molar-refractivity contribution in [3.63, 3.8) is 0 Å². The van der Waals surface area contributed by atoms with Crippen molar-refractivity contribution < 1.29 is 13.6 Å². The third-order valence-corrected chi connectivity index (χ3v) is 4.91. The van der Waals surface area contributed by atoms with E-state index in [0.717, 1.165) is 34.9 Å². The van der Waals surface area contributed by atoms with Crippen LogP contribution in [0.2, 0.25) is 0 Å². The van der Waals surface area contributed by atoms with Gasteiger partial charge in [0.05, 0.1) is 6.54 Å². The van der Waals surface area contributed by atoms with E-state index >= 15 is 0 Å². The van der Waals surface area contributed by atoms with E-state index in [9.17, 15) is 18.4 Å². The molecule has 0 bridgehead atoms. The number of aromatic nitrogens is 1. The number of carbonyl (C=O) groups excluding carboxylic acids is 1. The zero-order valence-electron chi connectivity index (χ0n) is 15.1. The Morgan fingerprint density at radius 2 is 1.68 bits per heavy atom. The maximum absolute atomic E-state index is 13.5. The Bertz CT molecular complexity index is 1070. The van der Waals surface area contributed by atoms with Crippen molar-refractivity contribution in [1.82, 2.24) is 9.47 Å². The van der Waals surface area contributed by atoms with Gasteiger partial charge in [-0.05, 0) is 35.2 Å². The number of fused-ring (bicyclic) bond motifs is 1. The Hall–Kier alpha value is -3.28. The molecule has 28 heavy (non-hydrogen) atoms. The Morgan fingerprint density at radius 3 is 2.39 bits per heavy atom. The van der Waals surface area contributed by atoms with Crippen LogP contribution in [0.5, 0.6) is 0 Å². The van der Waals surface area contributed by atoms with Crippen molar-refractivity contribution in [1.29, 1.82) is 0 Å². The maximum atomic E-state index is 13.5. The summed E-state index contributed by atoms with van der Waals surface area (Å²) >= 11 is 0. The first-order chi connectivity index (χ1) is 13.5. The summed E-state index contributed by atoms with van der Waals surface area (Å²) in [5.74, 6) is -1.99. The van der Waals surface area contributed by atoms with Gasteiger partial charge in [-0.25, -0.2) is 8.78 Å². The zero-order valence-corrected chi connectivity index (χ0v) is 15.1. The molecule has 1 aliphatic heterocycles. The average Bonchev–Trinajstić information content (AvgIpc) is 2.68. The molecule has 0 atom stereocenters. The van der Waals surface area contributed by atoms with E-state index in [0.29, 0.717) is 26.1 Å². The molecule has 0 saturated carbocycles. The molecule has 2 aromatic carbocycles. The lowest BCUT2D eigenvalue weighted by Gasteiger charge is -2.29. The van der Waals surface area contributed by atoms with Gasteiger partial charge in [0.2, 0.25) is 0 Å². The molecule has 0 fully saturated rings. The molecule has 6 heteroatoms. The van der Waals surface area contributed by atoms with Crippen LogP contribution in [-0.2, 0) is 19.5 Å². The quantitative estimate of drug-likeness (QED) is 0.699. The molecule has 1 amide bonds. The normalized spacial score (nSPS) is 13.3. The van der Waals surface area contributed by atoms with Gasteiger partial charge in [-0.3, -0.25) is 9.59 Å². The van der Waals surface area contributed by atoms with Gasteiger partial charge in [0.15, 0.2) is 0 Å². The van der Waals surface area contributed by atoms with Gasteiger partial charge in [-0.1, -0.05) is 30.3 Å². The van der Waals surface area contributed by atoms with Gasteiger partial charge in [0.25, 0.3) is 11.5 Å². The highest BCUT2D eigenvalue weighted by Gasteiger charge is 2.23. The molecular weight excluding hydrogens is 362 g/mol. The minimum atomic E-state index is -0.780. The smallest absolute Gasteiger partial charge is 0.254 e. The molecule has 1 aromatic heterocycles. The van der Waals surface area contributed by atoms with Crippen molar-refractivity contribution in [3.8, 4) is 0 Å². The number of amides is 1. The van der Waals surface area contributed by atoms with E-state index in [-0.39, 0.29) is 11.1 Å². The van der Waals surface area contributed by atoms with Gasteiger partial charge in [-0.15, -0.1) is 0 Å². The molecule has 0 saturated heterocycles. The highest BCUT2D eigenvalue weighted by molar-refractivity contribution is 5.94. The molecule has 142 valence electrons. The van der Waals surface area contributed by atoms with Gasteiger partial charge in [0, 0.05) is 37.0 Å². The third kappa shape index (κ3) is 3.71. The van der Waals surface area contributed by atoms with Gasteiger partial charge >= 0.3 is 0 Å². The zero-order chi connectivity index (χ0) is 19.7. The molecule has 4 nitrogen and oxygen atoms in total. The largest absolute Gasteiger partial charge is 0.334 e. The van der Waals surface area contributed by atoms with E-state index in [1.54, 1.807) is 21.7 Å². The highest BCUT2D eigenvalue weighted by Crippen LogP contribution is 2.20. The van der Waals surface area contributed by atoms with Crippen molar-refractivity contribution in [2.75, 3.05) is 6.54 Å². The number of pyridine rings is 1. The summed E-state index contributed by atoms with van der Waals surface area (Å²) < 4.78 is 28.5. The van der Waals surface area contributed by atoms with Crippen LogP contribution < -0.4 is 5.56 Å². The summed E-state index contributed by atoms with van der Waals surface area (Å²) in [6.45, 7) is 1.13. The van der Waals surface area contributed by atoms with Crippen molar-refractivity contribution >= 4 is 5.91 Å². The summed E-state index contributed by atoms with van der Waals surface area (Å²) in [7, 11) is 0. The van der Waals surface area contributed by atoms with Crippen LogP contribution in [0.1, 0.15) is 27.0 Å². The number of hydrogen-bond donors (Lipinski definition) is 0. The Labute approximate surface area is 160 Å².